The van der Waals surface area contributed by atoms with E-state index in [1.165, 1.54) is 27.8 Å². The van der Waals surface area contributed by atoms with E-state index in [1.54, 1.807) is 44.7 Å². The molecule has 0 unspecified atom stereocenters. The van der Waals surface area contributed by atoms with E-state index in [-0.39, 0.29) is 144 Å². The number of ketones is 4. The zero-order chi connectivity index (χ0) is 65.1. The van der Waals surface area contributed by atoms with E-state index in [9.17, 15) is 19.2 Å². The summed E-state index contributed by atoms with van der Waals surface area (Å²) in [5.74, 6) is 0.0253. The predicted octanol–water partition coefficient (Wildman–Crippen LogP) is 21.3. The molecule has 0 spiro atoms. The molecule has 0 bridgehead atoms. The second-order valence-electron chi connectivity index (χ2n) is 24.1. The van der Waals surface area contributed by atoms with Gasteiger partial charge in [0.05, 0.1) is 0 Å². The molecule has 4 radical (unpaired) electrons. The van der Waals surface area contributed by atoms with Crippen molar-refractivity contribution in [1.29, 1.82) is 0 Å². The van der Waals surface area contributed by atoms with Crippen LogP contribution in [0.4, 0.5) is 0 Å². The van der Waals surface area contributed by atoms with E-state index in [1.807, 2.05) is 176 Å². The first kappa shape index (κ1) is 86.3. The topological polar surface area (TPSA) is 120 Å². The van der Waals surface area contributed by atoms with Crippen molar-refractivity contribution in [1.82, 2.24) is 19.9 Å². The van der Waals surface area contributed by atoms with Gasteiger partial charge in [-0.3, -0.25) is 19.2 Å². The number of Topliss-reactive ketones (excluding diaryl/α,β-unsaturated/α-hetero) is 2. The molecule has 101 heavy (non-hydrogen) atoms. The minimum Gasteiger partial charge on any atom is -0.358 e. The maximum absolute atomic E-state index is 12.7. The van der Waals surface area contributed by atoms with Crippen LogP contribution in [0.1, 0.15) is 118 Å². The van der Waals surface area contributed by atoms with Crippen molar-refractivity contribution in [2.75, 3.05) is 0 Å². The van der Waals surface area contributed by atoms with Crippen LogP contribution in [0, 0.1) is 54.0 Å². The largest absolute Gasteiger partial charge is 0.358 e. The van der Waals surface area contributed by atoms with Crippen LogP contribution in [0.3, 0.4) is 0 Å². The Morgan fingerprint density at radius 1 is 0.347 bits per heavy atom. The minimum absolute atomic E-state index is 0. The van der Waals surface area contributed by atoms with Crippen molar-refractivity contribution in [3.8, 4) is 67.3 Å². The number of fused-ring (bicyclic) bond motifs is 4. The maximum atomic E-state index is 12.7. The van der Waals surface area contributed by atoms with Crippen molar-refractivity contribution in [3.63, 3.8) is 0 Å². The fourth-order valence-electron chi connectivity index (χ4n) is 11.0. The Hall–Kier alpha value is -8.88. The Kier molecular flexibility index (Phi) is 33.6. The SMILES string of the molecule is CC(=O)c1ccc(-c2[c-]cc3c(c2)C(C)(C)c2ccccc2-3)nc1.CC(=O)c1ccc(-c2[c-]cc3ccccc3c2)nc1.CC(C)(C)c1ccc(C(=O)c2ccc(-c3[c-]cccc3)nc2)cc1.O=C(c1ccc(-c2ccccc2)cc1)c1ccc(-c2[c-]cccc2)nc1.[CH3-].[CH3-].[CH3-].[CH3-].[Ir].[Ir].[Ir].[Ir]. The summed E-state index contributed by atoms with van der Waals surface area (Å²) in [5.41, 5.74) is 19.5. The van der Waals surface area contributed by atoms with Crippen LogP contribution in [-0.2, 0) is 91.3 Å². The first-order valence-electron chi connectivity index (χ1n) is 30.7. The molecule has 13 aromatic rings. The van der Waals surface area contributed by atoms with Crippen molar-refractivity contribution < 1.29 is 99.6 Å². The summed E-state index contributed by atoms with van der Waals surface area (Å²) in [6.45, 7) is 14.1. The van der Waals surface area contributed by atoms with Crippen molar-refractivity contribution in [3.05, 3.63) is 378 Å². The molecule has 0 saturated carbocycles. The molecule has 14 rings (SSSR count). The summed E-state index contributed by atoms with van der Waals surface area (Å²) in [6, 6.07) is 93.5. The smallest absolute Gasteiger partial charge is 0.194 e. The average molecular weight is 2040 g/mol. The number of aromatic nitrogens is 4. The summed E-state index contributed by atoms with van der Waals surface area (Å²) >= 11 is 0. The van der Waals surface area contributed by atoms with E-state index >= 15 is 0 Å². The summed E-state index contributed by atoms with van der Waals surface area (Å²) in [5, 5.41) is 2.32. The molecule has 0 amide bonds. The van der Waals surface area contributed by atoms with E-state index in [2.05, 4.69) is 146 Å². The number of benzene rings is 9. The predicted molar refractivity (Wildman–Crippen MR) is 399 cm³/mol. The third-order valence-electron chi connectivity index (χ3n) is 16.4. The number of hydrogen-bond acceptors (Lipinski definition) is 8. The first-order chi connectivity index (χ1) is 45.0. The van der Waals surface area contributed by atoms with E-state index in [0.29, 0.717) is 33.4 Å². The van der Waals surface area contributed by atoms with Gasteiger partial charge in [-0.05, 0) is 69.7 Å². The second kappa shape index (κ2) is 39.4. The molecular weight excluding hydrogens is 1960 g/mol. The average Bonchev–Trinajstić information content (AvgIpc) is 1.58. The number of hydrogen-bond donors (Lipinski definition) is 0. The van der Waals surface area contributed by atoms with E-state index in [0.717, 1.165) is 66.9 Å². The Morgan fingerprint density at radius 3 is 1.18 bits per heavy atom. The Bertz CT molecular complexity index is 4690. The van der Waals surface area contributed by atoms with Gasteiger partial charge < -0.3 is 49.6 Å². The van der Waals surface area contributed by atoms with Gasteiger partial charge in [0.2, 0.25) is 0 Å². The van der Waals surface area contributed by atoms with Crippen LogP contribution >= 0.6 is 0 Å². The summed E-state index contributed by atoms with van der Waals surface area (Å²) in [7, 11) is 0. The minimum atomic E-state index is -0.0326. The third-order valence-corrected chi connectivity index (χ3v) is 16.4. The molecule has 0 aliphatic heterocycles. The van der Waals surface area contributed by atoms with Crippen LogP contribution in [-0.4, -0.2) is 43.1 Å². The van der Waals surface area contributed by atoms with Crippen LogP contribution in [0.2, 0.25) is 0 Å². The maximum Gasteiger partial charge on any atom is 0.194 e. The molecule has 12 heteroatoms. The number of rotatable bonds is 11. The Labute approximate surface area is 651 Å². The normalized spacial score (nSPS) is 10.7. The number of carbonyl (C=O) groups excluding carboxylic acids is 4. The molecule has 4 aromatic heterocycles. The Morgan fingerprint density at radius 2 is 0.733 bits per heavy atom. The second-order valence-corrected chi connectivity index (χ2v) is 24.1. The van der Waals surface area contributed by atoms with Crippen LogP contribution in [0.25, 0.3) is 78.1 Å². The monoisotopic (exact) mass is 2040 g/mol. The molecule has 0 atom stereocenters. The number of pyridine rings is 4. The number of carbonyl (C=O) groups is 4. The van der Waals surface area contributed by atoms with Gasteiger partial charge in [0, 0.05) is 139 Å². The number of nitrogens with zero attached hydrogens (tertiary/aromatic N) is 4. The fourth-order valence-corrected chi connectivity index (χ4v) is 11.0. The van der Waals surface area contributed by atoms with Crippen LogP contribution in [0.15, 0.2) is 274 Å². The molecule has 8 nitrogen and oxygen atoms in total. The summed E-state index contributed by atoms with van der Waals surface area (Å²) < 4.78 is 0. The van der Waals surface area contributed by atoms with Gasteiger partial charge in [-0.1, -0.05) is 227 Å². The summed E-state index contributed by atoms with van der Waals surface area (Å²) in [6.07, 6.45) is 6.51. The van der Waals surface area contributed by atoms with Crippen LogP contribution < -0.4 is 0 Å². The molecule has 1 aliphatic rings. The molecule has 522 valence electrons. The van der Waals surface area contributed by atoms with Crippen molar-refractivity contribution in [2.24, 2.45) is 0 Å². The molecule has 4 heterocycles. The molecule has 1 aliphatic carbocycles. The van der Waals surface area contributed by atoms with Gasteiger partial charge in [-0.2, -0.15) is 0 Å². The molecule has 9 aromatic carbocycles. The third kappa shape index (κ3) is 21.1. The van der Waals surface area contributed by atoms with E-state index in [4.69, 9.17) is 0 Å². The van der Waals surface area contributed by atoms with Gasteiger partial charge in [-0.15, -0.1) is 130 Å². The molecular formula is C89H78Ir4N4O4-8. The molecule has 0 fully saturated rings. The van der Waals surface area contributed by atoms with Gasteiger partial charge in [0.25, 0.3) is 0 Å². The van der Waals surface area contributed by atoms with Crippen molar-refractivity contribution >= 4 is 33.9 Å². The van der Waals surface area contributed by atoms with Gasteiger partial charge >= 0.3 is 0 Å². The standard InChI is InChI=1S/C24H16NO.C22H18NO.C22H20NO.C17H12NO.4CH3.4Ir/c26-24(21-13-11-19(12-14-21)18-7-3-1-4-8-18)22-15-16-23(25-17-22)20-9-5-2-6-10-20;1-14(24)16-9-11-21(23-13-16)15-8-10-18-17-6-4-5-7-19(17)22(2,3)20(18)12-15;1-22(2,3)19-12-9-17(10-13-19)21(24)18-11-14-20(23-15-18)16-7-5-4-6-8-16;1-12(19)16-8-9-17(18-11-16)15-7-6-13-4-2-3-5-14(13)10-15;;;;;;;;/h1-9,11-17H;4-7,9-13H,1-3H3;4-7,9-15H,1-3H3;2-6,8-11H,1H3;4*1H3;;;;/q8*-1;;;;. The van der Waals surface area contributed by atoms with Gasteiger partial charge in [-0.25, -0.2) is 0 Å². The summed E-state index contributed by atoms with van der Waals surface area (Å²) in [4.78, 5) is 65.5. The quantitative estimate of drug-likeness (QED) is 0.0928. The zero-order valence-electron chi connectivity index (χ0n) is 58.2. The molecule has 0 N–H and O–H groups in total. The van der Waals surface area contributed by atoms with Gasteiger partial charge in [0.15, 0.2) is 23.1 Å². The van der Waals surface area contributed by atoms with Crippen molar-refractivity contribution in [2.45, 2.75) is 59.3 Å². The van der Waals surface area contributed by atoms with Crippen LogP contribution in [0.5, 0.6) is 0 Å². The molecule has 0 saturated heterocycles. The van der Waals surface area contributed by atoms with E-state index < -0.39 is 0 Å². The first-order valence-corrected chi connectivity index (χ1v) is 30.7. The van der Waals surface area contributed by atoms with Gasteiger partial charge in [0.1, 0.15) is 0 Å². The zero-order valence-corrected chi connectivity index (χ0v) is 67.8. The Balaban J connectivity index is 0.000000343. The fraction of sp³-hybridized carbons (Fsp3) is 0.101.